The second-order valence-corrected chi connectivity index (χ2v) is 3.92. The van der Waals surface area contributed by atoms with Gasteiger partial charge in [-0.15, -0.1) is 0 Å². The first-order chi connectivity index (χ1) is 9.07. The van der Waals surface area contributed by atoms with Crippen molar-refractivity contribution in [3.8, 4) is 17.2 Å². The standard InChI is InChI=1S/C13H20N2O4/c1-5-9(14)13(16)15-8-6-10(17-2)12(19-4)11(7-8)18-3/h6-7,9H,5,14H2,1-4H3,(H,15,16)/t9-/m0/s1. The van der Waals surface area contributed by atoms with Crippen molar-refractivity contribution in [1.82, 2.24) is 0 Å². The average Bonchev–Trinajstić information content (AvgIpc) is 2.44. The smallest absolute Gasteiger partial charge is 0.241 e. The molecule has 0 aromatic heterocycles. The van der Waals surface area contributed by atoms with Crippen LogP contribution in [0.1, 0.15) is 13.3 Å². The predicted octanol–water partition coefficient (Wildman–Crippen LogP) is 1.39. The van der Waals surface area contributed by atoms with Crippen LogP contribution in [0.3, 0.4) is 0 Å². The molecule has 0 heterocycles. The minimum atomic E-state index is -0.543. The number of rotatable bonds is 6. The molecule has 106 valence electrons. The Hall–Kier alpha value is -1.95. The first kappa shape index (κ1) is 15.1. The van der Waals surface area contributed by atoms with Gasteiger partial charge >= 0.3 is 0 Å². The molecule has 0 aliphatic carbocycles. The van der Waals surface area contributed by atoms with Crippen LogP contribution in [0.4, 0.5) is 5.69 Å². The fourth-order valence-corrected chi connectivity index (χ4v) is 1.57. The third kappa shape index (κ3) is 3.51. The van der Waals surface area contributed by atoms with Crippen molar-refractivity contribution >= 4 is 11.6 Å². The van der Waals surface area contributed by atoms with Gasteiger partial charge in [0.2, 0.25) is 11.7 Å². The van der Waals surface area contributed by atoms with E-state index in [2.05, 4.69) is 5.32 Å². The van der Waals surface area contributed by atoms with Gasteiger partial charge in [-0.2, -0.15) is 0 Å². The Balaban J connectivity index is 3.06. The van der Waals surface area contributed by atoms with Gasteiger partial charge in [0.1, 0.15) is 0 Å². The Labute approximate surface area is 112 Å². The summed E-state index contributed by atoms with van der Waals surface area (Å²) < 4.78 is 15.6. The number of carbonyl (C=O) groups excluding carboxylic acids is 1. The van der Waals surface area contributed by atoms with E-state index in [1.807, 2.05) is 6.92 Å². The summed E-state index contributed by atoms with van der Waals surface area (Å²) in [5.74, 6) is 1.17. The SMILES string of the molecule is CC[C@H](N)C(=O)Nc1cc(OC)c(OC)c(OC)c1. The molecular weight excluding hydrogens is 248 g/mol. The molecule has 19 heavy (non-hydrogen) atoms. The van der Waals surface area contributed by atoms with Gasteiger partial charge in [0, 0.05) is 17.8 Å². The molecule has 1 aromatic carbocycles. The van der Waals surface area contributed by atoms with Crippen LogP contribution in [-0.2, 0) is 4.79 Å². The number of carbonyl (C=O) groups is 1. The maximum atomic E-state index is 11.7. The number of hydrogen-bond donors (Lipinski definition) is 2. The Morgan fingerprint density at radius 3 is 2.11 bits per heavy atom. The lowest BCUT2D eigenvalue weighted by Gasteiger charge is -2.15. The Kier molecular flexibility index (Phi) is 5.44. The molecule has 0 spiro atoms. The third-order valence-corrected chi connectivity index (χ3v) is 2.71. The molecule has 0 saturated carbocycles. The molecule has 6 heteroatoms. The highest BCUT2D eigenvalue weighted by Gasteiger charge is 2.16. The number of ether oxygens (including phenoxy) is 3. The van der Waals surface area contributed by atoms with Crippen LogP contribution in [0.5, 0.6) is 17.2 Å². The highest BCUT2D eigenvalue weighted by molar-refractivity contribution is 5.95. The van der Waals surface area contributed by atoms with Gasteiger partial charge in [-0.3, -0.25) is 4.79 Å². The van der Waals surface area contributed by atoms with Crippen LogP contribution in [-0.4, -0.2) is 33.3 Å². The summed E-state index contributed by atoms with van der Waals surface area (Å²) in [6, 6.07) is 2.77. The van der Waals surface area contributed by atoms with Crippen molar-refractivity contribution in [3.63, 3.8) is 0 Å². The van der Waals surface area contributed by atoms with E-state index >= 15 is 0 Å². The number of anilines is 1. The molecule has 0 aliphatic rings. The quantitative estimate of drug-likeness (QED) is 0.814. The number of amides is 1. The first-order valence-electron chi connectivity index (χ1n) is 5.93. The van der Waals surface area contributed by atoms with E-state index in [1.54, 1.807) is 12.1 Å². The molecule has 0 unspecified atom stereocenters. The summed E-state index contributed by atoms with van der Waals surface area (Å²) in [5, 5.41) is 2.71. The monoisotopic (exact) mass is 268 g/mol. The highest BCUT2D eigenvalue weighted by Crippen LogP contribution is 2.39. The second-order valence-electron chi connectivity index (χ2n) is 3.92. The molecule has 1 atom stereocenters. The van der Waals surface area contributed by atoms with Crippen molar-refractivity contribution in [2.24, 2.45) is 5.73 Å². The summed E-state index contributed by atoms with van der Waals surface area (Å²) >= 11 is 0. The number of nitrogens with one attached hydrogen (secondary N) is 1. The molecular formula is C13H20N2O4. The normalized spacial score (nSPS) is 11.6. The van der Waals surface area contributed by atoms with Crippen molar-refractivity contribution in [1.29, 1.82) is 0 Å². The number of benzene rings is 1. The van der Waals surface area contributed by atoms with E-state index in [4.69, 9.17) is 19.9 Å². The Morgan fingerprint density at radius 1 is 1.21 bits per heavy atom. The van der Waals surface area contributed by atoms with E-state index in [9.17, 15) is 4.79 Å². The highest BCUT2D eigenvalue weighted by atomic mass is 16.5. The number of hydrogen-bond acceptors (Lipinski definition) is 5. The fourth-order valence-electron chi connectivity index (χ4n) is 1.57. The molecule has 3 N–H and O–H groups in total. The third-order valence-electron chi connectivity index (χ3n) is 2.71. The van der Waals surface area contributed by atoms with Crippen LogP contribution in [0.25, 0.3) is 0 Å². The van der Waals surface area contributed by atoms with Crippen molar-refractivity contribution in [2.75, 3.05) is 26.6 Å². The summed E-state index contributed by atoms with van der Waals surface area (Å²) in [5.41, 5.74) is 6.21. The average molecular weight is 268 g/mol. The molecule has 0 saturated heterocycles. The van der Waals surface area contributed by atoms with Crippen LogP contribution < -0.4 is 25.3 Å². The topological polar surface area (TPSA) is 82.8 Å². The number of nitrogens with two attached hydrogens (primary N) is 1. The minimum absolute atomic E-state index is 0.253. The summed E-state index contributed by atoms with van der Waals surface area (Å²) in [6.07, 6.45) is 0.566. The summed E-state index contributed by atoms with van der Waals surface area (Å²) in [6.45, 7) is 1.85. The van der Waals surface area contributed by atoms with Gasteiger partial charge in [0.05, 0.1) is 27.4 Å². The lowest BCUT2D eigenvalue weighted by molar-refractivity contribution is -0.117. The summed E-state index contributed by atoms with van der Waals surface area (Å²) in [7, 11) is 4.55. The zero-order valence-corrected chi connectivity index (χ0v) is 11.6. The van der Waals surface area contributed by atoms with Gasteiger partial charge in [0.15, 0.2) is 11.5 Å². The van der Waals surface area contributed by atoms with E-state index in [-0.39, 0.29) is 5.91 Å². The first-order valence-corrected chi connectivity index (χ1v) is 5.93. The maximum Gasteiger partial charge on any atom is 0.241 e. The molecule has 0 aliphatic heterocycles. The molecule has 1 aromatic rings. The van der Waals surface area contributed by atoms with E-state index in [0.717, 1.165) is 0 Å². The Bertz CT molecular complexity index is 423. The molecule has 1 rings (SSSR count). The molecule has 0 bridgehead atoms. The maximum absolute atomic E-state index is 11.7. The van der Waals surface area contributed by atoms with Gasteiger partial charge in [-0.1, -0.05) is 6.92 Å². The van der Waals surface area contributed by atoms with Crippen LogP contribution in [0.15, 0.2) is 12.1 Å². The van der Waals surface area contributed by atoms with E-state index in [0.29, 0.717) is 29.4 Å². The van der Waals surface area contributed by atoms with Gasteiger partial charge in [-0.05, 0) is 6.42 Å². The van der Waals surface area contributed by atoms with Crippen LogP contribution >= 0.6 is 0 Å². The van der Waals surface area contributed by atoms with Crippen molar-refractivity contribution < 1.29 is 19.0 Å². The lowest BCUT2D eigenvalue weighted by Crippen LogP contribution is -2.34. The predicted molar refractivity (Wildman–Crippen MR) is 73.0 cm³/mol. The zero-order chi connectivity index (χ0) is 14.4. The molecule has 0 fully saturated rings. The fraction of sp³-hybridized carbons (Fsp3) is 0.462. The van der Waals surface area contributed by atoms with E-state index < -0.39 is 6.04 Å². The van der Waals surface area contributed by atoms with Gasteiger partial charge in [-0.25, -0.2) is 0 Å². The van der Waals surface area contributed by atoms with Crippen LogP contribution in [0, 0.1) is 0 Å². The lowest BCUT2D eigenvalue weighted by atomic mass is 10.2. The van der Waals surface area contributed by atoms with Crippen molar-refractivity contribution in [3.05, 3.63) is 12.1 Å². The largest absolute Gasteiger partial charge is 0.493 e. The second kappa shape index (κ2) is 6.84. The Morgan fingerprint density at radius 2 is 1.74 bits per heavy atom. The van der Waals surface area contributed by atoms with Crippen LogP contribution in [0.2, 0.25) is 0 Å². The number of methoxy groups -OCH3 is 3. The van der Waals surface area contributed by atoms with Gasteiger partial charge in [0.25, 0.3) is 0 Å². The minimum Gasteiger partial charge on any atom is -0.493 e. The van der Waals surface area contributed by atoms with E-state index in [1.165, 1.54) is 21.3 Å². The molecule has 1 amide bonds. The van der Waals surface area contributed by atoms with Crippen molar-refractivity contribution in [2.45, 2.75) is 19.4 Å². The molecule has 6 nitrogen and oxygen atoms in total. The molecule has 0 radical (unpaired) electrons. The van der Waals surface area contributed by atoms with Gasteiger partial charge < -0.3 is 25.3 Å². The zero-order valence-electron chi connectivity index (χ0n) is 11.6. The summed E-state index contributed by atoms with van der Waals surface area (Å²) in [4.78, 5) is 11.7.